The van der Waals surface area contributed by atoms with Crippen LogP contribution in [-0.4, -0.2) is 57.3 Å². The third kappa shape index (κ3) is 6.42. The average molecular weight is 483 g/mol. The predicted octanol–water partition coefficient (Wildman–Crippen LogP) is 5.22. The van der Waals surface area contributed by atoms with E-state index in [0.717, 1.165) is 17.7 Å². The predicted molar refractivity (Wildman–Crippen MR) is 137 cm³/mol. The summed E-state index contributed by atoms with van der Waals surface area (Å²) < 4.78 is 25.1. The van der Waals surface area contributed by atoms with Crippen LogP contribution in [0, 0.1) is 11.2 Å². The Labute approximate surface area is 209 Å². The van der Waals surface area contributed by atoms with Crippen molar-refractivity contribution in [2.24, 2.45) is 5.41 Å². The molecule has 5 nitrogen and oxygen atoms in total. The maximum atomic E-state index is 14.0. The fourth-order valence-corrected chi connectivity index (χ4v) is 5.63. The Hall–Kier alpha value is -2.44. The van der Waals surface area contributed by atoms with Gasteiger partial charge in [0, 0.05) is 37.9 Å². The SMILES string of the molecule is COc1ccc(F)cc1-c1cccc(CC2(C(=O)NCCN(C)C3CCCCC3)CCOCC2)c1. The third-order valence-corrected chi connectivity index (χ3v) is 7.82. The molecule has 1 saturated heterocycles. The summed E-state index contributed by atoms with van der Waals surface area (Å²) in [6.45, 7) is 2.71. The molecule has 1 aliphatic carbocycles. The van der Waals surface area contributed by atoms with E-state index >= 15 is 0 Å². The van der Waals surface area contributed by atoms with Crippen molar-refractivity contribution in [2.75, 3.05) is 40.5 Å². The van der Waals surface area contributed by atoms with E-state index in [1.54, 1.807) is 13.2 Å². The number of carbonyl (C=O) groups is 1. The Morgan fingerprint density at radius 3 is 2.66 bits per heavy atom. The normalized spacial score (nSPS) is 18.4. The monoisotopic (exact) mass is 482 g/mol. The zero-order chi connectivity index (χ0) is 24.7. The molecule has 1 aliphatic heterocycles. The van der Waals surface area contributed by atoms with Gasteiger partial charge in [0.15, 0.2) is 0 Å². The van der Waals surface area contributed by atoms with E-state index in [-0.39, 0.29) is 11.7 Å². The summed E-state index contributed by atoms with van der Waals surface area (Å²) in [4.78, 5) is 15.9. The van der Waals surface area contributed by atoms with Gasteiger partial charge in [-0.05, 0) is 68.5 Å². The van der Waals surface area contributed by atoms with Crippen LogP contribution in [0.3, 0.4) is 0 Å². The van der Waals surface area contributed by atoms with Crippen molar-refractivity contribution >= 4 is 5.91 Å². The highest BCUT2D eigenvalue weighted by Gasteiger charge is 2.40. The lowest BCUT2D eigenvalue weighted by atomic mass is 9.74. The smallest absolute Gasteiger partial charge is 0.226 e. The number of rotatable bonds is 9. The first-order valence-electron chi connectivity index (χ1n) is 13.0. The topological polar surface area (TPSA) is 50.8 Å². The highest BCUT2D eigenvalue weighted by Crippen LogP contribution is 2.37. The average Bonchev–Trinajstić information content (AvgIpc) is 2.89. The Bertz CT molecular complexity index is 984. The summed E-state index contributed by atoms with van der Waals surface area (Å²) in [6, 6.07) is 13.2. The molecule has 1 saturated carbocycles. The first-order chi connectivity index (χ1) is 17.0. The van der Waals surface area contributed by atoms with Gasteiger partial charge in [-0.2, -0.15) is 0 Å². The second-order valence-corrected chi connectivity index (χ2v) is 10.1. The maximum Gasteiger partial charge on any atom is 0.226 e. The van der Waals surface area contributed by atoms with Crippen LogP contribution in [0.1, 0.15) is 50.5 Å². The van der Waals surface area contributed by atoms with Crippen molar-refractivity contribution in [1.82, 2.24) is 10.2 Å². The van der Waals surface area contributed by atoms with E-state index in [0.29, 0.717) is 56.4 Å². The van der Waals surface area contributed by atoms with E-state index in [1.807, 2.05) is 12.1 Å². The summed E-state index contributed by atoms with van der Waals surface area (Å²) >= 11 is 0. The molecule has 0 spiro atoms. The minimum Gasteiger partial charge on any atom is -0.496 e. The van der Waals surface area contributed by atoms with E-state index < -0.39 is 5.41 Å². The van der Waals surface area contributed by atoms with Crippen molar-refractivity contribution < 1.29 is 18.7 Å². The van der Waals surface area contributed by atoms with Gasteiger partial charge in [0.25, 0.3) is 0 Å². The maximum absolute atomic E-state index is 14.0. The third-order valence-electron chi connectivity index (χ3n) is 7.82. The molecule has 2 aliphatic rings. The van der Waals surface area contributed by atoms with E-state index in [1.165, 1.54) is 44.2 Å². The summed E-state index contributed by atoms with van der Waals surface area (Å²) in [5.74, 6) is 0.445. The zero-order valence-corrected chi connectivity index (χ0v) is 21.2. The number of hydrogen-bond donors (Lipinski definition) is 1. The molecule has 190 valence electrons. The Balaban J connectivity index is 1.45. The lowest BCUT2D eigenvalue weighted by molar-refractivity contribution is -0.136. The van der Waals surface area contributed by atoms with Gasteiger partial charge in [0.2, 0.25) is 5.91 Å². The van der Waals surface area contributed by atoms with Crippen LogP contribution < -0.4 is 10.1 Å². The van der Waals surface area contributed by atoms with Crippen molar-refractivity contribution in [2.45, 2.75) is 57.4 Å². The van der Waals surface area contributed by atoms with E-state index in [9.17, 15) is 9.18 Å². The van der Waals surface area contributed by atoms with Gasteiger partial charge in [-0.3, -0.25) is 4.79 Å². The number of amides is 1. The van der Waals surface area contributed by atoms with Crippen molar-refractivity contribution in [1.29, 1.82) is 0 Å². The number of nitrogens with zero attached hydrogens (tertiary/aromatic N) is 1. The molecule has 1 heterocycles. The second kappa shape index (κ2) is 12.0. The molecule has 2 aromatic carbocycles. The molecule has 0 aromatic heterocycles. The van der Waals surface area contributed by atoms with Crippen LogP contribution in [0.25, 0.3) is 11.1 Å². The first kappa shape index (κ1) is 25.6. The van der Waals surface area contributed by atoms with Crippen molar-refractivity contribution in [3.05, 3.63) is 53.8 Å². The van der Waals surface area contributed by atoms with Crippen LogP contribution in [0.4, 0.5) is 4.39 Å². The molecular formula is C29H39FN2O3. The lowest BCUT2D eigenvalue weighted by Crippen LogP contribution is -2.48. The standard InChI is InChI=1S/C29H39FN2O3/c1-32(25-9-4-3-5-10-25)16-15-31-28(33)29(13-17-35-18-14-29)21-22-7-6-8-23(19-22)26-20-24(30)11-12-27(26)34-2/h6-8,11-12,19-20,25H,3-5,9-10,13-18,21H2,1-2H3,(H,31,33). The van der Waals surface area contributed by atoms with Crippen LogP contribution >= 0.6 is 0 Å². The second-order valence-electron chi connectivity index (χ2n) is 10.1. The number of carbonyl (C=O) groups excluding carboxylic acids is 1. The van der Waals surface area contributed by atoms with Gasteiger partial charge in [-0.25, -0.2) is 4.39 Å². The van der Waals surface area contributed by atoms with Gasteiger partial charge < -0.3 is 19.7 Å². The molecule has 0 unspecified atom stereocenters. The van der Waals surface area contributed by atoms with Gasteiger partial charge in [-0.15, -0.1) is 0 Å². The van der Waals surface area contributed by atoms with Gasteiger partial charge in [0.1, 0.15) is 11.6 Å². The van der Waals surface area contributed by atoms with Crippen LogP contribution in [0.15, 0.2) is 42.5 Å². The first-order valence-corrected chi connectivity index (χ1v) is 13.0. The summed E-state index contributed by atoms with van der Waals surface area (Å²) in [5, 5.41) is 3.25. The van der Waals surface area contributed by atoms with Crippen LogP contribution in [0.2, 0.25) is 0 Å². The molecule has 2 aromatic rings. The van der Waals surface area contributed by atoms with Gasteiger partial charge in [0.05, 0.1) is 12.5 Å². The van der Waals surface area contributed by atoms with Crippen LogP contribution in [0.5, 0.6) is 5.75 Å². The van der Waals surface area contributed by atoms with Crippen LogP contribution in [-0.2, 0) is 16.0 Å². The molecular weight excluding hydrogens is 443 g/mol. The summed E-state index contributed by atoms with van der Waals surface area (Å²) in [7, 11) is 3.77. The quantitative estimate of drug-likeness (QED) is 0.532. The number of benzene rings is 2. The number of halogens is 1. The fourth-order valence-electron chi connectivity index (χ4n) is 5.63. The molecule has 6 heteroatoms. The largest absolute Gasteiger partial charge is 0.496 e. The van der Waals surface area contributed by atoms with E-state index in [4.69, 9.17) is 9.47 Å². The molecule has 4 rings (SSSR count). The summed E-state index contributed by atoms with van der Waals surface area (Å²) in [6.07, 6.45) is 8.52. The summed E-state index contributed by atoms with van der Waals surface area (Å²) in [5.41, 5.74) is 2.16. The molecule has 1 N–H and O–H groups in total. The van der Waals surface area contributed by atoms with E-state index in [2.05, 4.69) is 29.4 Å². The Kier molecular flexibility index (Phi) is 8.79. The molecule has 35 heavy (non-hydrogen) atoms. The minimum absolute atomic E-state index is 0.117. The van der Waals surface area contributed by atoms with Crippen molar-refractivity contribution in [3.8, 4) is 16.9 Å². The van der Waals surface area contributed by atoms with Crippen molar-refractivity contribution in [3.63, 3.8) is 0 Å². The Morgan fingerprint density at radius 2 is 1.91 bits per heavy atom. The number of methoxy groups -OCH3 is 1. The molecule has 0 atom stereocenters. The van der Waals surface area contributed by atoms with Gasteiger partial charge in [-0.1, -0.05) is 43.5 Å². The highest BCUT2D eigenvalue weighted by molar-refractivity contribution is 5.83. The molecule has 0 bridgehead atoms. The highest BCUT2D eigenvalue weighted by atomic mass is 19.1. The number of ether oxygens (including phenoxy) is 2. The number of nitrogens with one attached hydrogen (secondary N) is 1. The number of hydrogen-bond acceptors (Lipinski definition) is 4. The molecule has 1 amide bonds. The number of likely N-dealkylation sites (N-methyl/N-ethyl adjacent to an activating group) is 1. The molecule has 2 fully saturated rings. The fraction of sp³-hybridized carbons (Fsp3) is 0.552. The lowest BCUT2D eigenvalue weighted by Gasteiger charge is -2.36. The molecule has 0 radical (unpaired) electrons. The minimum atomic E-state index is -0.494. The zero-order valence-electron chi connectivity index (χ0n) is 21.2. The van der Waals surface area contributed by atoms with Gasteiger partial charge >= 0.3 is 0 Å². The Morgan fingerprint density at radius 1 is 1.14 bits per heavy atom.